The van der Waals surface area contributed by atoms with E-state index in [1.807, 2.05) is 30.3 Å². The van der Waals surface area contributed by atoms with E-state index >= 15 is 0 Å². The summed E-state index contributed by atoms with van der Waals surface area (Å²) in [6.45, 7) is 0. The first-order chi connectivity index (χ1) is 9.29. The number of nitrogens with zero attached hydrogens (tertiary/aromatic N) is 3. The topological polar surface area (TPSA) is 73.6 Å². The largest absolute Gasteiger partial charge is 0.493 e. The third-order valence-electron chi connectivity index (χ3n) is 2.97. The van der Waals surface area contributed by atoms with Gasteiger partial charge in [-0.05, 0) is 35.4 Å². The van der Waals surface area contributed by atoms with E-state index in [0.717, 1.165) is 22.0 Å². The van der Waals surface area contributed by atoms with Gasteiger partial charge in [0.15, 0.2) is 5.69 Å². The quantitative estimate of drug-likeness (QED) is 0.683. The Morgan fingerprint density at radius 3 is 2.63 bits per heavy atom. The van der Waals surface area contributed by atoms with Crippen LogP contribution in [-0.4, -0.2) is 22.1 Å². The summed E-state index contributed by atoms with van der Waals surface area (Å²) < 4.78 is 0. The number of benzene rings is 1. The second-order valence-corrected chi connectivity index (χ2v) is 4.12. The number of fused-ring (bicyclic) bond motifs is 1. The molecule has 5 heteroatoms. The molecule has 0 aliphatic carbocycles. The van der Waals surface area contributed by atoms with E-state index in [2.05, 4.69) is 20.2 Å². The SMILES string of the molecule is CN=Nc1c(O)[nH]c2ccc(-c3ccncc3)cc12. The summed E-state index contributed by atoms with van der Waals surface area (Å²) >= 11 is 0. The fraction of sp³-hybridized carbons (Fsp3) is 0.0714. The van der Waals surface area contributed by atoms with Crippen LogP contribution in [-0.2, 0) is 0 Å². The molecule has 0 saturated heterocycles. The molecule has 0 aliphatic heterocycles. The van der Waals surface area contributed by atoms with E-state index in [1.54, 1.807) is 19.4 Å². The second-order valence-electron chi connectivity index (χ2n) is 4.12. The highest BCUT2D eigenvalue weighted by atomic mass is 16.3. The molecule has 0 spiro atoms. The minimum atomic E-state index is 0.0347. The Kier molecular flexibility index (Phi) is 2.72. The third kappa shape index (κ3) is 1.95. The molecule has 0 bridgehead atoms. The lowest BCUT2D eigenvalue weighted by molar-refractivity contribution is 0.459. The number of nitrogens with one attached hydrogen (secondary N) is 1. The zero-order chi connectivity index (χ0) is 13.2. The summed E-state index contributed by atoms with van der Waals surface area (Å²) in [4.78, 5) is 6.88. The van der Waals surface area contributed by atoms with Gasteiger partial charge >= 0.3 is 0 Å². The van der Waals surface area contributed by atoms with Gasteiger partial charge < -0.3 is 10.1 Å². The van der Waals surface area contributed by atoms with Gasteiger partial charge in [0.2, 0.25) is 5.88 Å². The number of rotatable bonds is 2. The van der Waals surface area contributed by atoms with Crippen LogP contribution in [0.25, 0.3) is 22.0 Å². The molecule has 0 unspecified atom stereocenters. The molecule has 3 aromatic rings. The van der Waals surface area contributed by atoms with Crippen molar-refractivity contribution < 1.29 is 5.11 Å². The lowest BCUT2D eigenvalue weighted by Crippen LogP contribution is -1.78. The molecule has 0 fully saturated rings. The van der Waals surface area contributed by atoms with Crippen molar-refractivity contribution in [3.05, 3.63) is 42.7 Å². The molecule has 1 aromatic carbocycles. The Morgan fingerprint density at radius 2 is 1.89 bits per heavy atom. The van der Waals surface area contributed by atoms with E-state index in [4.69, 9.17) is 0 Å². The third-order valence-corrected chi connectivity index (χ3v) is 2.97. The van der Waals surface area contributed by atoms with Crippen LogP contribution >= 0.6 is 0 Å². The van der Waals surface area contributed by atoms with Crippen LogP contribution in [0.5, 0.6) is 5.88 Å². The first kappa shape index (κ1) is 11.4. The Hall–Kier alpha value is -2.69. The lowest BCUT2D eigenvalue weighted by atomic mass is 10.1. The van der Waals surface area contributed by atoms with Crippen LogP contribution in [0.1, 0.15) is 0 Å². The van der Waals surface area contributed by atoms with Gasteiger partial charge in [0.05, 0.1) is 5.52 Å². The van der Waals surface area contributed by atoms with E-state index in [0.29, 0.717) is 5.69 Å². The molecule has 19 heavy (non-hydrogen) atoms. The molecular weight excluding hydrogens is 240 g/mol. The minimum absolute atomic E-state index is 0.0347. The van der Waals surface area contributed by atoms with Crippen molar-refractivity contribution in [1.82, 2.24) is 9.97 Å². The molecule has 2 N–H and O–H groups in total. The molecule has 0 atom stereocenters. The summed E-state index contributed by atoms with van der Waals surface area (Å²) in [5, 5.41) is 18.3. The number of azo groups is 1. The van der Waals surface area contributed by atoms with E-state index in [-0.39, 0.29) is 5.88 Å². The summed E-state index contributed by atoms with van der Waals surface area (Å²) in [6.07, 6.45) is 3.50. The predicted molar refractivity (Wildman–Crippen MR) is 73.6 cm³/mol. The van der Waals surface area contributed by atoms with Gasteiger partial charge in [0.1, 0.15) is 0 Å². The molecule has 94 valence electrons. The zero-order valence-corrected chi connectivity index (χ0v) is 10.3. The van der Waals surface area contributed by atoms with Gasteiger partial charge in [0.25, 0.3) is 0 Å². The van der Waals surface area contributed by atoms with E-state index in [1.165, 1.54) is 0 Å². The van der Waals surface area contributed by atoms with Crippen molar-refractivity contribution in [1.29, 1.82) is 0 Å². The van der Waals surface area contributed by atoms with Crippen LogP contribution in [0.4, 0.5) is 5.69 Å². The fourth-order valence-electron chi connectivity index (χ4n) is 2.09. The van der Waals surface area contributed by atoms with Gasteiger partial charge in [-0.25, -0.2) is 0 Å². The smallest absolute Gasteiger partial charge is 0.218 e. The molecule has 2 aromatic heterocycles. The van der Waals surface area contributed by atoms with Crippen molar-refractivity contribution in [3.8, 4) is 17.0 Å². The van der Waals surface area contributed by atoms with Crippen molar-refractivity contribution >= 4 is 16.6 Å². The highest BCUT2D eigenvalue weighted by molar-refractivity contribution is 5.96. The Balaban J connectivity index is 2.22. The highest BCUT2D eigenvalue weighted by Gasteiger charge is 2.11. The molecule has 0 amide bonds. The predicted octanol–water partition coefficient (Wildman–Crippen LogP) is 3.65. The molecular formula is C14H12N4O. The number of aromatic hydroxyl groups is 1. The monoisotopic (exact) mass is 252 g/mol. The normalized spacial score (nSPS) is 11.4. The standard InChI is InChI=1S/C14H12N4O/c1-15-18-13-11-8-10(9-4-6-16-7-5-9)2-3-12(11)17-14(13)19/h2-8,17,19H,1H3. The average Bonchev–Trinajstić information content (AvgIpc) is 2.76. The maximum Gasteiger partial charge on any atom is 0.218 e. The van der Waals surface area contributed by atoms with Crippen LogP contribution in [0.2, 0.25) is 0 Å². The van der Waals surface area contributed by atoms with Gasteiger partial charge in [-0.15, -0.1) is 5.11 Å². The molecule has 2 heterocycles. The van der Waals surface area contributed by atoms with Crippen LogP contribution < -0.4 is 0 Å². The number of hydrogen-bond donors (Lipinski definition) is 2. The maximum atomic E-state index is 9.81. The average molecular weight is 252 g/mol. The minimum Gasteiger partial charge on any atom is -0.493 e. The Labute approximate surface area is 109 Å². The Bertz CT molecular complexity index is 747. The molecule has 3 rings (SSSR count). The maximum absolute atomic E-state index is 9.81. The van der Waals surface area contributed by atoms with E-state index < -0.39 is 0 Å². The molecule has 0 saturated carbocycles. The molecule has 0 radical (unpaired) electrons. The molecule has 0 aliphatic rings. The van der Waals surface area contributed by atoms with Gasteiger partial charge in [-0.1, -0.05) is 6.07 Å². The van der Waals surface area contributed by atoms with Gasteiger partial charge in [0, 0.05) is 24.8 Å². The highest BCUT2D eigenvalue weighted by Crippen LogP contribution is 2.37. The lowest BCUT2D eigenvalue weighted by Gasteiger charge is -2.01. The van der Waals surface area contributed by atoms with E-state index in [9.17, 15) is 5.11 Å². The van der Waals surface area contributed by atoms with Gasteiger partial charge in [-0.3, -0.25) is 4.98 Å². The van der Waals surface area contributed by atoms with Crippen LogP contribution in [0.15, 0.2) is 53.0 Å². The van der Waals surface area contributed by atoms with Crippen LogP contribution in [0.3, 0.4) is 0 Å². The summed E-state index contributed by atoms with van der Waals surface area (Å²) in [6, 6.07) is 9.76. The number of H-pyrrole nitrogens is 1. The second kappa shape index (κ2) is 4.53. The number of aromatic amines is 1. The van der Waals surface area contributed by atoms with Gasteiger partial charge in [-0.2, -0.15) is 5.11 Å². The fourth-order valence-corrected chi connectivity index (χ4v) is 2.09. The number of hydrogen-bond acceptors (Lipinski definition) is 4. The number of aromatic nitrogens is 2. The first-order valence-electron chi connectivity index (χ1n) is 5.84. The van der Waals surface area contributed by atoms with Crippen molar-refractivity contribution in [3.63, 3.8) is 0 Å². The number of pyridine rings is 1. The van der Waals surface area contributed by atoms with Crippen molar-refractivity contribution in [2.75, 3.05) is 7.05 Å². The van der Waals surface area contributed by atoms with Crippen molar-refractivity contribution in [2.45, 2.75) is 0 Å². The van der Waals surface area contributed by atoms with Crippen molar-refractivity contribution in [2.24, 2.45) is 10.2 Å². The molecule has 5 nitrogen and oxygen atoms in total. The summed E-state index contributed by atoms with van der Waals surface area (Å²) in [5.74, 6) is 0.0347. The summed E-state index contributed by atoms with van der Waals surface area (Å²) in [7, 11) is 1.57. The summed E-state index contributed by atoms with van der Waals surface area (Å²) in [5.41, 5.74) is 3.41. The van der Waals surface area contributed by atoms with Crippen LogP contribution in [0, 0.1) is 0 Å². The first-order valence-corrected chi connectivity index (χ1v) is 5.84. The zero-order valence-electron chi connectivity index (χ0n) is 10.3. The Morgan fingerprint density at radius 1 is 1.11 bits per heavy atom.